The first-order valence-corrected chi connectivity index (χ1v) is 14.1. The summed E-state index contributed by atoms with van der Waals surface area (Å²) in [6, 6.07) is 14.6. The molecule has 0 aromatic heterocycles. The largest absolute Gasteiger partial charge is 0.508 e. The van der Waals surface area contributed by atoms with Crippen LogP contribution in [0.2, 0.25) is 0 Å². The monoisotopic (exact) mass is 490 g/mol. The van der Waals surface area contributed by atoms with Crippen LogP contribution in [0, 0.1) is 23.2 Å². The predicted molar refractivity (Wildman–Crippen MR) is 144 cm³/mol. The Hall–Kier alpha value is -2.24. The molecule has 6 rings (SSSR count). The van der Waals surface area contributed by atoms with Crippen LogP contribution in [-0.2, 0) is 11.2 Å². The molecule has 194 valence electrons. The molecule has 2 N–H and O–H groups in total. The average molecular weight is 491 g/mol. The lowest BCUT2D eigenvalue weighted by Gasteiger charge is -2.53. The van der Waals surface area contributed by atoms with Gasteiger partial charge < -0.3 is 19.9 Å². The molecule has 4 aliphatic rings. The van der Waals surface area contributed by atoms with Gasteiger partial charge in [0.05, 0.1) is 13.2 Å². The molecule has 0 spiro atoms. The summed E-state index contributed by atoms with van der Waals surface area (Å²) < 4.78 is 12.3. The first kappa shape index (κ1) is 24.1. The number of rotatable bonds is 6. The van der Waals surface area contributed by atoms with Crippen LogP contribution in [0.5, 0.6) is 11.5 Å². The Morgan fingerprint density at radius 2 is 1.89 bits per heavy atom. The molecule has 5 nitrogen and oxygen atoms in total. The van der Waals surface area contributed by atoms with Gasteiger partial charge in [-0.25, -0.2) is 0 Å². The third-order valence-electron chi connectivity index (χ3n) is 10.1. The maximum Gasteiger partial charge on any atom is 0.119 e. The van der Waals surface area contributed by atoms with Crippen molar-refractivity contribution in [2.75, 3.05) is 44.7 Å². The Morgan fingerprint density at radius 1 is 1.08 bits per heavy atom. The lowest BCUT2D eigenvalue weighted by molar-refractivity contribution is -0.0412. The van der Waals surface area contributed by atoms with E-state index in [1.54, 1.807) is 0 Å². The molecule has 2 aromatic rings. The Balaban J connectivity index is 1.18. The van der Waals surface area contributed by atoms with Gasteiger partial charge in [-0.05, 0) is 103 Å². The fourth-order valence-corrected chi connectivity index (χ4v) is 7.99. The van der Waals surface area contributed by atoms with Gasteiger partial charge in [0.15, 0.2) is 0 Å². The number of hydrogen-bond donors (Lipinski definition) is 2. The number of ether oxygens (including phenoxy) is 2. The van der Waals surface area contributed by atoms with Gasteiger partial charge in [0, 0.05) is 37.8 Å². The molecule has 0 radical (unpaired) electrons. The van der Waals surface area contributed by atoms with Gasteiger partial charge in [0.25, 0.3) is 0 Å². The number of anilines is 1. The molecule has 2 saturated carbocycles. The number of fused-ring (bicyclic) bond motifs is 5. The number of phenols is 1. The molecule has 0 amide bonds. The Bertz CT molecular complexity index is 1050. The van der Waals surface area contributed by atoms with Gasteiger partial charge in [0.2, 0.25) is 0 Å². The highest BCUT2D eigenvalue weighted by molar-refractivity contribution is 5.47. The summed E-state index contributed by atoms with van der Waals surface area (Å²) >= 11 is 0. The third kappa shape index (κ3) is 4.50. The van der Waals surface area contributed by atoms with E-state index in [0.29, 0.717) is 23.0 Å². The molecule has 6 atom stereocenters. The van der Waals surface area contributed by atoms with Crippen molar-refractivity contribution >= 4 is 5.69 Å². The van der Waals surface area contributed by atoms with Crippen molar-refractivity contribution in [3.63, 3.8) is 0 Å². The number of aryl methyl sites for hydroxylation is 1. The maximum absolute atomic E-state index is 10.1. The van der Waals surface area contributed by atoms with Crippen LogP contribution >= 0.6 is 0 Å². The summed E-state index contributed by atoms with van der Waals surface area (Å²) in [6.45, 7) is 10.7. The summed E-state index contributed by atoms with van der Waals surface area (Å²) in [5.74, 6) is 3.94. The number of benzene rings is 2. The van der Waals surface area contributed by atoms with Crippen LogP contribution in [0.3, 0.4) is 0 Å². The minimum Gasteiger partial charge on any atom is -0.508 e. The number of morpholine rings is 1. The van der Waals surface area contributed by atoms with Crippen LogP contribution < -0.4 is 10.1 Å². The van der Waals surface area contributed by atoms with Gasteiger partial charge in [-0.2, -0.15) is 0 Å². The van der Waals surface area contributed by atoms with E-state index in [4.69, 9.17) is 9.47 Å². The Kier molecular flexibility index (Phi) is 6.64. The summed E-state index contributed by atoms with van der Waals surface area (Å²) in [6.07, 6.45) is 6.25. The van der Waals surface area contributed by atoms with E-state index in [1.807, 2.05) is 12.1 Å². The minimum absolute atomic E-state index is 0.167. The van der Waals surface area contributed by atoms with Crippen molar-refractivity contribution in [2.45, 2.75) is 58.0 Å². The fourth-order valence-electron chi connectivity index (χ4n) is 7.99. The van der Waals surface area contributed by atoms with E-state index in [2.05, 4.69) is 54.4 Å². The van der Waals surface area contributed by atoms with Gasteiger partial charge >= 0.3 is 0 Å². The number of aromatic hydroxyl groups is 1. The summed E-state index contributed by atoms with van der Waals surface area (Å²) in [5, 5.41) is 13.7. The fraction of sp³-hybridized carbons (Fsp3) is 0.613. The molecule has 1 aliphatic heterocycles. The van der Waals surface area contributed by atoms with E-state index < -0.39 is 0 Å². The van der Waals surface area contributed by atoms with Gasteiger partial charge in [-0.15, -0.1) is 0 Å². The van der Waals surface area contributed by atoms with Gasteiger partial charge in [0.1, 0.15) is 17.6 Å². The summed E-state index contributed by atoms with van der Waals surface area (Å²) in [5.41, 5.74) is 4.23. The lowest BCUT2D eigenvalue weighted by atomic mass is 9.53. The Labute approximate surface area is 216 Å². The zero-order valence-corrected chi connectivity index (χ0v) is 21.9. The highest BCUT2D eigenvalue weighted by atomic mass is 16.5. The molecule has 36 heavy (non-hydrogen) atoms. The van der Waals surface area contributed by atoms with Crippen molar-refractivity contribution in [2.24, 2.45) is 23.2 Å². The molecule has 1 heterocycles. The predicted octanol–water partition coefficient (Wildman–Crippen LogP) is 5.69. The highest BCUT2D eigenvalue weighted by Crippen LogP contribution is 2.63. The number of hydrogen-bond acceptors (Lipinski definition) is 5. The van der Waals surface area contributed by atoms with E-state index in [1.165, 1.54) is 30.4 Å². The molecule has 3 aliphatic carbocycles. The van der Waals surface area contributed by atoms with E-state index >= 15 is 0 Å². The maximum atomic E-state index is 10.1. The smallest absolute Gasteiger partial charge is 0.119 e. The average Bonchev–Trinajstić information content (AvgIpc) is 3.19. The lowest BCUT2D eigenvalue weighted by Crippen LogP contribution is -2.50. The van der Waals surface area contributed by atoms with Gasteiger partial charge in [-0.1, -0.05) is 19.9 Å². The molecule has 1 saturated heterocycles. The number of nitrogens with zero attached hydrogens (tertiary/aromatic N) is 1. The van der Waals surface area contributed by atoms with E-state index in [0.717, 1.165) is 75.5 Å². The molecule has 0 unspecified atom stereocenters. The quantitative estimate of drug-likeness (QED) is 0.545. The van der Waals surface area contributed by atoms with Gasteiger partial charge in [-0.3, -0.25) is 4.90 Å². The zero-order valence-electron chi connectivity index (χ0n) is 21.9. The third-order valence-corrected chi connectivity index (χ3v) is 10.1. The van der Waals surface area contributed by atoms with Crippen molar-refractivity contribution < 1.29 is 14.6 Å². The van der Waals surface area contributed by atoms with Crippen molar-refractivity contribution in [3.8, 4) is 11.5 Å². The highest BCUT2D eigenvalue weighted by Gasteiger charge is 2.57. The van der Waals surface area contributed by atoms with E-state index in [-0.39, 0.29) is 6.10 Å². The van der Waals surface area contributed by atoms with Crippen LogP contribution in [-0.4, -0.2) is 55.5 Å². The second-order valence-electron chi connectivity index (χ2n) is 12.0. The first-order chi connectivity index (χ1) is 17.5. The van der Waals surface area contributed by atoms with Crippen molar-refractivity contribution in [1.82, 2.24) is 4.90 Å². The second kappa shape index (κ2) is 9.90. The van der Waals surface area contributed by atoms with Crippen LogP contribution in [0.1, 0.15) is 56.6 Å². The Morgan fingerprint density at radius 3 is 2.69 bits per heavy atom. The summed E-state index contributed by atoms with van der Waals surface area (Å²) in [4.78, 5) is 2.45. The number of phenolic OH excluding ortho intramolecular Hbond substituents is 1. The molecule has 2 aromatic carbocycles. The first-order valence-electron chi connectivity index (χ1n) is 14.1. The molecule has 3 fully saturated rings. The minimum atomic E-state index is 0.167. The molecule has 0 bridgehead atoms. The van der Waals surface area contributed by atoms with Crippen LogP contribution in [0.25, 0.3) is 0 Å². The normalized spacial score (nSPS) is 33.9. The SMILES string of the molecule is C[C@H]1CC[C@H]2[C@@H]3CCc4cc(O)ccc4[C@H]3[C@@H](Oc3ccc(NCCN4CCOCC4)cc3)C[C@]12C. The molecular formula is C31H42N2O3. The molecule has 5 heteroatoms. The van der Waals surface area contributed by atoms with Crippen molar-refractivity contribution in [1.29, 1.82) is 0 Å². The zero-order chi connectivity index (χ0) is 24.7. The topological polar surface area (TPSA) is 54.0 Å². The van der Waals surface area contributed by atoms with Crippen LogP contribution in [0.4, 0.5) is 5.69 Å². The molecular weight excluding hydrogens is 448 g/mol. The standard InChI is InChI=1S/C31H42N2O3/c1-21-3-12-28-27-10-4-22-19-24(34)7-11-26(22)30(27)29(20-31(21,28)2)36-25-8-5-23(6-9-25)32-13-14-33-15-17-35-18-16-33/h5-9,11,19,21,27-30,32,34H,3-4,10,12-18,20H2,1-2H3/t21-,27-,28-,29-,30+,31+/m0/s1. The number of nitrogens with one attached hydrogen (secondary N) is 1. The van der Waals surface area contributed by atoms with Crippen molar-refractivity contribution in [3.05, 3.63) is 53.6 Å². The van der Waals surface area contributed by atoms with Crippen LogP contribution in [0.15, 0.2) is 42.5 Å². The summed E-state index contributed by atoms with van der Waals surface area (Å²) in [7, 11) is 0. The second-order valence-corrected chi connectivity index (χ2v) is 12.0. The van der Waals surface area contributed by atoms with E-state index in [9.17, 15) is 5.11 Å².